The first-order valence-electron chi connectivity index (χ1n) is 7.89. The van der Waals surface area contributed by atoms with Crippen molar-refractivity contribution in [2.75, 3.05) is 14.2 Å². The van der Waals surface area contributed by atoms with Crippen molar-refractivity contribution in [2.45, 2.75) is 12.8 Å². The zero-order chi connectivity index (χ0) is 17.4. The molecule has 0 aliphatic carbocycles. The fourth-order valence-corrected chi connectivity index (χ4v) is 2.82. The van der Waals surface area contributed by atoms with Crippen molar-refractivity contribution in [1.82, 2.24) is 0 Å². The van der Waals surface area contributed by atoms with Crippen LogP contribution in [0.5, 0.6) is 0 Å². The number of rotatable bonds is 7. The highest BCUT2D eigenvalue weighted by Gasteiger charge is 2.35. The second-order valence-corrected chi connectivity index (χ2v) is 5.64. The topological polar surface area (TPSA) is 52.6 Å². The van der Waals surface area contributed by atoms with Crippen LogP contribution in [0.25, 0.3) is 0 Å². The van der Waals surface area contributed by atoms with Crippen molar-refractivity contribution in [3.63, 3.8) is 0 Å². The zero-order valence-electron chi connectivity index (χ0n) is 14.0. The van der Waals surface area contributed by atoms with Crippen LogP contribution in [0.3, 0.4) is 0 Å². The molecular weight excluding hydrogens is 304 g/mol. The number of esters is 2. The molecule has 2 aromatic carbocycles. The number of carbonyl (C=O) groups excluding carboxylic acids is 2. The molecule has 0 bridgehead atoms. The van der Waals surface area contributed by atoms with Gasteiger partial charge in [0.05, 0.1) is 26.1 Å². The summed E-state index contributed by atoms with van der Waals surface area (Å²) in [6, 6.07) is 19.2. The third kappa shape index (κ3) is 4.69. The molecular formula is C20H22O4. The van der Waals surface area contributed by atoms with Crippen LogP contribution in [-0.4, -0.2) is 26.2 Å². The van der Waals surface area contributed by atoms with Gasteiger partial charge in [-0.3, -0.25) is 9.59 Å². The average Bonchev–Trinajstić information content (AvgIpc) is 2.65. The molecule has 2 aromatic rings. The Bertz CT molecular complexity index is 592. The summed E-state index contributed by atoms with van der Waals surface area (Å²) in [7, 11) is 2.69. The summed E-state index contributed by atoms with van der Waals surface area (Å²) in [6.45, 7) is 0. The highest BCUT2D eigenvalue weighted by molar-refractivity contribution is 5.82. The predicted octanol–water partition coefficient (Wildman–Crippen LogP) is 3.05. The number of benzene rings is 2. The normalized spacial score (nSPS) is 12.9. The Morgan fingerprint density at radius 1 is 0.708 bits per heavy atom. The summed E-state index contributed by atoms with van der Waals surface area (Å²) in [6.07, 6.45) is 0.861. The van der Waals surface area contributed by atoms with E-state index in [4.69, 9.17) is 9.47 Å². The Labute approximate surface area is 142 Å². The van der Waals surface area contributed by atoms with E-state index < -0.39 is 23.8 Å². The highest BCUT2D eigenvalue weighted by Crippen LogP contribution is 2.25. The first kappa shape index (κ1) is 17.7. The molecule has 0 aliphatic heterocycles. The standard InChI is InChI=1S/C20H22O4/c1-23-19(21)17(13-15-9-5-3-6-10-15)18(20(22)24-2)14-16-11-7-4-8-12-16/h3-12,17-18H,13-14H2,1-2H3. The fraction of sp³-hybridized carbons (Fsp3) is 0.300. The lowest BCUT2D eigenvalue weighted by molar-refractivity contribution is -0.157. The average molecular weight is 326 g/mol. The van der Waals surface area contributed by atoms with E-state index in [0.29, 0.717) is 12.8 Å². The van der Waals surface area contributed by atoms with Crippen molar-refractivity contribution in [3.05, 3.63) is 71.8 Å². The monoisotopic (exact) mass is 326 g/mol. The maximum Gasteiger partial charge on any atom is 0.309 e. The molecule has 4 heteroatoms. The Kier molecular flexibility index (Phi) is 6.55. The van der Waals surface area contributed by atoms with Crippen molar-refractivity contribution >= 4 is 11.9 Å². The van der Waals surface area contributed by atoms with E-state index in [1.807, 2.05) is 60.7 Å². The molecule has 2 atom stereocenters. The maximum absolute atomic E-state index is 12.3. The minimum absolute atomic E-state index is 0.398. The van der Waals surface area contributed by atoms with Crippen LogP contribution >= 0.6 is 0 Å². The van der Waals surface area contributed by atoms with Crippen LogP contribution in [0.2, 0.25) is 0 Å². The maximum atomic E-state index is 12.3. The van der Waals surface area contributed by atoms with Gasteiger partial charge >= 0.3 is 11.9 Å². The molecule has 0 radical (unpaired) electrons. The first-order chi connectivity index (χ1) is 11.7. The molecule has 126 valence electrons. The van der Waals surface area contributed by atoms with Crippen molar-refractivity contribution in [2.24, 2.45) is 11.8 Å². The Morgan fingerprint density at radius 2 is 1.04 bits per heavy atom. The SMILES string of the molecule is COC(=O)C(Cc1ccccc1)C(Cc1ccccc1)C(=O)OC. The number of carbonyl (C=O) groups is 2. The highest BCUT2D eigenvalue weighted by atomic mass is 16.5. The molecule has 4 nitrogen and oxygen atoms in total. The van der Waals surface area contributed by atoms with E-state index in [1.54, 1.807) is 0 Å². The summed E-state index contributed by atoms with van der Waals surface area (Å²) >= 11 is 0. The molecule has 0 N–H and O–H groups in total. The molecule has 2 unspecified atom stereocenters. The number of hydrogen-bond acceptors (Lipinski definition) is 4. The third-order valence-corrected chi connectivity index (χ3v) is 4.09. The van der Waals surface area contributed by atoms with Gasteiger partial charge in [0.2, 0.25) is 0 Å². The van der Waals surface area contributed by atoms with Crippen molar-refractivity contribution < 1.29 is 19.1 Å². The largest absolute Gasteiger partial charge is 0.469 e. The van der Waals surface area contributed by atoms with Crippen molar-refractivity contribution in [1.29, 1.82) is 0 Å². The molecule has 0 saturated heterocycles. The fourth-order valence-electron chi connectivity index (χ4n) is 2.82. The van der Waals surface area contributed by atoms with Gasteiger partial charge in [0.1, 0.15) is 0 Å². The summed E-state index contributed by atoms with van der Waals surface area (Å²) in [5, 5.41) is 0. The van der Waals surface area contributed by atoms with E-state index in [1.165, 1.54) is 14.2 Å². The molecule has 0 saturated carbocycles. The van der Waals surface area contributed by atoms with E-state index in [-0.39, 0.29) is 0 Å². The number of ether oxygens (including phenoxy) is 2. The molecule has 2 rings (SSSR count). The lowest BCUT2D eigenvalue weighted by atomic mass is 9.82. The van der Waals surface area contributed by atoms with Gasteiger partial charge in [-0.2, -0.15) is 0 Å². The quantitative estimate of drug-likeness (QED) is 0.734. The van der Waals surface area contributed by atoms with Crippen LogP contribution < -0.4 is 0 Å². The minimum Gasteiger partial charge on any atom is -0.469 e. The molecule has 0 fully saturated rings. The molecule has 0 aromatic heterocycles. The summed E-state index contributed by atoms with van der Waals surface area (Å²) < 4.78 is 9.90. The van der Waals surface area contributed by atoms with E-state index in [0.717, 1.165) is 11.1 Å². The van der Waals surface area contributed by atoms with E-state index >= 15 is 0 Å². The van der Waals surface area contributed by atoms with E-state index in [2.05, 4.69) is 0 Å². The summed E-state index contributed by atoms with van der Waals surface area (Å²) in [5.41, 5.74) is 1.96. The smallest absolute Gasteiger partial charge is 0.309 e. The van der Waals surface area contributed by atoms with Gasteiger partial charge in [-0.05, 0) is 24.0 Å². The Hall–Kier alpha value is -2.62. The van der Waals surface area contributed by atoms with Gasteiger partial charge in [0, 0.05) is 0 Å². The van der Waals surface area contributed by atoms with Gasteiger partial charge in [0.25, 0.3) is 0 Å². The second kappa shape index (κ2) is 8.87. The van der Waals surface area contributed by atoms with Crippen LogP contribution in [0.4, 0.5) is 0 Å². The van der Waals surface area contributed by atoms with Crippen molar-refractivity contribution in [3.8, 4) is 0 Å². The molecule has 0 spiro atoms. The van der Waals surface area contributed by atoms with Gasteiger partial charge in [-0.25, -0.2) is 0 Å². The van der Waals surface area contributed by atoms with Crippen LogP contribution in [0.15, 0.2) is 60.7 Å². The van der Waals surface area contributed by atoms with Crippen LogP contribution in [0, 0.1) is 11.8 Å². The summed E-state index contributed by atoms with van der Waals surface area (Å²) in [4.78, 5) is 24.7. The Balaban J connectivity index is 2.29. The van der Waals surface area contributed by atoms with Gasteiger partial charge in [0.15, 0.2) is 0 Å². The molecule has 0 aliphatic rings. The third-order valence-electron chi connectivity index (χ3n) is 4.09. The lowest BCUT2D eigenvalue weighted by Crippen LogP contribution is -2.34. The number of methoxy groups -OCH3 is 2. The Morgan fingerprint density at radius 3 is 1.33 bits per heavy atom. The van der Waals surface area contributed by atoms with Gasteiger partial charge < -0.3 is 9.47 Å². The predicted molar refractivity (Wildman–Crippen MR) is 91.3 cm³/mol. The van der Waals surface area contributed by atoms with Gasteiger partial charge in [-0.15, -0.1) is 0 Å². The lowest BCUT2D eigenvalue weighted by Gasteiger charge is -2.23. The minimum atomic E-state index is -0.593. The molecule has 0 amide bonds. The van der Waals surface area contributed by atoms with Crippen LogP contribution in [-0.2, 0) is 31.9 Å². The summed E-state index contributed by atoms with van der Waals surface area (Å²) in [5.74, 6) is -1.98. The number of hydrogen-bond donors (Lipinski definition) is 0. The molecule has 24 heavy (non-hydrogen) atoms. The molecule has 0 heterocycles. The first-order valence-corrected chi connectivity index (χ1v) is 7.89. The van der Waals surface area contributed by atoms with Crippen LogP contribution in [0.1, 0.15) is 11.1 Å². The van der Waals surface area contributed by atoms with Gasteiger partial charge in [-0.1, -0.05) is 60.7 Å². The second-order valence-electron chi connectivity index (χ2n) is 5.64. The van der Waals surface area contributed by atoms with E-state index in [9.17, 15) is 9.59 Å². The zero-order valence-corrected chi connectivity index (χ0v) is 14.0.